The predicted octanol–water partition coefficient (Wildman–Crippen LogP) is 6.43. The summed E-state index contributed by atoms with van der Waals surface area (Å²) in [6.07, 6.45) is 10.6. The normalized spacial score (nSPS) is 9.41. The molecule has 0 unspecified atom stereocenters. The first kappa shape index (κ1) is 27.9. The van der Waals surface area contributed by atoms with Crippen LogP contribution in [-0.2, 0) is 0 Å². The van der Waals surface area contributed by atoms with Gasteiger partial charge in [0.25, 0.3) is 0 Å². The van der Waals surface area contributed by atoms with E-state index in [1.54, 1.807) is 37.2 Å². The Morgan fingerprint density at radius 2 is 0.405 bits per heavy atom. The minimum absolute atomic E-state index is 0. The van der Waals surface area contributed by atoms with Crippen molar-refractivity contribution in [3.63, 3.8) is 0 Å². The second-order valence-corrected chi connectivity index (χ2v) is 7.29. The van der Waals surface area contributed by atoms with Crippen LogP contribution in [0.5, 0.6) is 0 Å². The summed E-state index contributed by atoms with van der Waals surface area (Å²) in [5.41, 5.74) is 5.49. The molecule has 37 heavy (non-hydrogen) atoms. The maximum absolute atomic E-state index is 4.19. The maximum atomic E-state index is 4.19. The molecule has 0 aliphatic heterocycles. The molecule has 0 saturated carbocycles. The molecule has 6 aromatic heterocycles. The van der Waals surface area contributed by atoms with Gasteiger partial charge in [0.05, 0.1) is 34.2 Å². The van der Waals surface area contributed by atoms with Gasteiger partial charge in [0.2, 0.25) is 0 Å². The molecule has 6 rings (SSSR count). The van der Waals surface area contributed by atoms with Gasteiger partial charge in [0.15, 0.2) is 0 Å². The molecular formula is C30H24CeN6+3. The van der Waals surface area contributed by atoms with Crippen molar-refractivity contribution in [3.05, 3.63) is 146 Å². The van der Waals surface area contributed by atoms with Crippen molar-refractivity contribution in [1.82, 2.24) is 29.9 Å². The molecular weight excluding hydrogens is 584 g/mol. The molecule has 175 valence electrons. The van der Waals surface area contributed by atoms with Crippen LogP contribution in [0.1, 0.15) is 0 Å². The number of rotatable bonds is 3. The fourth-order valence-electron chi connectivity index (χ4n) is 3.09. The number of hydrogen-bond acceptors (Lipinski definition) is 6. The third-order valence-electron chi connectivity index (χ3n) is 4.78. The van der Waals surface area contributed by atoms with E-state index in [9.17, 15) is 0 Å². The van der Waals surface area contributed by atoms with Crippen LogP contribution in [0.25, 0.3) is 34.2 Å². The first-order chi connectivity index (χ1) is 17.9. The van der Waals surface area contributed by atoms with E-state index in [1.807, 2.05) is 109 Å². The van der Waals surface area contributed by atoms with Gasteiger partial charge >= 0.3 is 41.7 Å². The zero-order chi connectivity index (χ0) is 24.7. The van der Waals surface area contributed by atoms with E-state index in [1.165, 1.54) is 0 Å². The zero-order valence-corrected chi connectivity index (χ0v) is 23.2. The SMILES string of the molecule is [Ce+3].c1ccc(-c2ccccn2)nc1.c1ccc(-c2ccccn2)nc1.c1ccc(-c2ccccn2)nc1. The third kappa shape index (κ3) is 9.34. The maximum Gasteiger partial charge on any atom is 3.00 e. The van der Waals surface area contributed by atoms with Crippen molar-refractivity contribution in [1.29, 1.82) is 0 Å². The Morgan fingerprint density at radius 3 is 0.514 bits per heavy atom. The Kier molecular flexibility index (Phi) is 12.1. The summed E-state index contributed by atoms with van der Waals surface area (Å²) in [6, 6.07) is 34.8. The van der Waals surface area contributed by atoms with Crippen LogP contribution >= 0.6 is 0 Å². The summed E-state index contributed by atoms with van der Waals surface area (Å²) in [7, 11) is 0. The van der Waals surface area contributed by atoms with Crippen LogP contribution in [-0.4, -0.2) is 29.9 Å². The Labute approximate surface area is 250 Å². The average Bonchev–Trinajstić information content (AvgIpc) is 3.01. The average molecular weight is 609 g/mol. The minimum atomic E-state index is 0. The van der Waals surface area contributed by atoms with E-state index in [0.717, 1.165) is 34.2 Å². The first-order valence-corrected chi connectivity index (χ1v) is 11.4. The molecule has 0 bridgehead atoms. The smallest absolute Gasteiger partial charge is 0.255 e. The second-order valence-electron chi connectivity index (χ2n) is 7.29. The molecule has 0 aromatic carbocycles. The van der Waals surface area contributed by atoms with E-state index in [2.05, 4.69) is 29.9 Å². The van der Waals surface area contributed by atoms with Crippen LogP contribution in [0, 0.1) is 41.7 Å². The van der Waals surface area contributed by atoms with Crippen molar-refractivity contribution in [2.45, 2.75) is 0 Å². The van der Waals surface area contributed by atoms with Crippen LogP contribution in [0.4, 0.5) is 0 Å². The van der Waals surface area contributed by atoms with Gasteiger partial charge in [-0.2, -0.15) is 0 Å². The molecule has 6 heterocycles. The summed E-state index contributed by atoms with van der Waals surface area (Å²) in [4.78, 5) is 25.1. The Bertz CT molecular complexity index is 1100. The molecule has 6 nitrogen and oxygen atoms in total. The van der Waals surface area contributed by atoms with Gasteiger partial charge in [-0.05, 0) is 72.8 Å². The Balaban J connectivity index is 0.000000152. The molecule has 0 atom stereocenters. The standard InChI is InChI=1S/3C10H8N2.Ce/c3*1-3-7-11-9(5-1)10-6-2-4-8-12-10;/h3*1-8H;/q;;;+3. The van der Waals surface area contributed by atoms with Gasteiger partial charge in [0.1, 0.15) is 0 Å². The van der Waals surface area contributed by atoms with Gasteiger partial charge in [-0.15, -0.1) is 0 Å². The molecule has 0 aliphatic carbocycles. The van der Waals surface area contributed by atoms with Crippen molar-refractivity contribution in [2.75, 3.05) is 0 Å². The predicted molar refractivity (Wildman–Crippen MR) is 142 cm³/mol. The fourth-order valence-corrected chi connectivity index (χ4v) is 3.09. The van der Waals surface area contributed by atoms with Gasteiger partial charge in [-0.25, -0.2) is 0 Å². The second kappa shape index (κ2) is 16.1. The van der Waals surface area contributed by atoms with Crippen molar-refractivity contribution in [3.8, 4) is 34.2 Å². The minimum Gasteiger partial charge on any atom is -0.255 e. The number of hydrogen-bond donors (Lipinski definition) is 0. The summed E-state index contributed by atoms with van der Waals surface area (Å²) in [5, 5.41) is 0. The van der Waals surface area contributed by atoms with E-state index in [-0.39, 0.29) is 41.7 Å². The number of aromatic nitrogens is 6. The van der Waals surface area contributed by atoms with Crippen molar-refractivity contribution < 1.29 is 41.7 Å². The molecule has 0 amide bonds. The Hall–Kier alpha value is -3.72. The monoisotopic (exact) mass is 608 g/mol. The molecule has 1 radical (unpaired) electrons. The van der Waals surface area contributed by atoms with Gasteiger partial charge in [0, 0.05) is 37.2 Å². The van der Waals surface area contributed by atoms with E-state index in [4.69, 9.17) is 0 Å². The summed E-state index contributed by atoms with van der Waals surface area (Å²) < 4.78 is 0. The van der Waals surface area contributed by atoms with Crippen molar-refractivity contribution >= 4 is 0 Å². The van der Waals surface area contributed by atoms with Crippen LogP contribution in [0.3, 0.4) is 0 Å². The fraction of sp³-hybridized carbons (Fsp3) is 0. The summed E-state index contributed by atoms with van der Waals surface area (Å²) in [6.45, 7) is 0. The molecule has 0 aliphatic rings. The van der Waals surface area contributed by atoms with Crippen LogP contribution in [0.15, 0.2) is 146 Å². The van der Waals surface area contributed by atoms with E-state index < -0.39 is 0 Å². The van der Waals surface area contributed by atoms with Crippen LogP contribution < -0.4 is 0 Å². The molecule has 0 N–H and O–H groups in total. The molecule has 0 fully saturated rings. The zero-order valence-electron chi connectivity index (χ0n) is 20.0. The Morgan fingerprint density at radius 1 is 0.243 bits per heavy atom. The molecule has 6 aromatic rings. The molecule has 0 spiro atoms. The van der Waals surface area contributed by atoms with Gasteiger partial charge in [-0.3, -0.25) is 29.9 Å². The largest absolute Gasteiger partial charge is 3.00 e. The summed E-state index contributed by atoms with van der Waals surface area (Å²) >= 11 is 0. The molecule has 7 heteroatoms. The van der Waals surface area contributed by atoms with E-state index in [0.29, 0.717) is 0 Å². The third-order valence-corrected chi connectivity index (χ3v) is 4.78. The van der Waals surface area contributed by atoms with Crippen LogP contribution in [0.2, 0.25) is 0 Å². The first-order valence-electron chi connectivity index (χ1n) is 11.4. The number of pyridine rings is 6. The topological polar surface area (TPSA) is 77.3 Å². The van der Waals surface area contributed by atoms with Crippen molar-refractivity contribution in [2.24, 2.45) is 0 Å². The van der Waals surface area contributed by atoms with Gasteiger partial charge < -0.3 is 0 Å². The van der Waals surface area contributed by atoms with Gasteiger partial charge in [-0.1, -0.05) is 36.4 Å². The molecule has 0 saturated heterocycles. The number of nitrogens with zero attached hydrogens (tertiary/aromatic N) is 6. The van der Waals surface area contributed by atoms with E-state index >= 15 is 0 Å². The summed E-state index contributed by atoms with van der Waals surface area (Å²) in [5.74, 6) is 0. The quantitative estimate of drug-likeness (QED) is 0.231.